The number of ether oxygens (including phenoxy) is 1. The Bertz CT molecular complexity index is 367. The lowest BCUT2D eigenvalue weighted by molar-refractivity contribution is -0.0375. The first kappa shape index (κ1) is 12.2. The van der Waals surface area contributed by atoms with Crippen molar-refractivity contribution in [1.82, 2.24) is 10.2 Å². The summed E-state index contributed by atoms with van der Waals surface area (Å²) in [5, 5.41) is 3.49. The molecule has 2 aliphatic heterocycles. The van der Waals surface area contributed by atoms with Crippen LogP contribution in [-0.2, 0) is 10.3 Å². The Morgan fingerprint density at radius 2 is 1.67 bits per heavy atom. The molecular weight excluding hydrogens is 224 g/mol. The molecule has 18 heavy (non-hydrogen) atoms. The first-order valence-electron chi connectivity index (χ1n) is 7.01. The van der Waals surface area contributed by atoms with E-state index >= 15 is 0 Å². The average Bonchev–Trinajstić information content (AvgIpc) is 2.50. The van der Waals surface area contributed by atoms with Gasteiger partial charge in [0.05, 0.1) is 13.2 Å². The van der Waals surface area contributed by atoms with Gasteiger partial charge in [-0.05, 0) is 31.5 Å². The van der Waals surface area contributed by atoms with Gasteiger partial charge in [-0.3, -0.25) is 4.90 Å². The van der Waals surface area contributed by atoms with Crippen molar-refractivity contribution in [2.24, 2.45) is 0 Å². The highest BCUT2D eigenvalue weighted by molar-refractivity contribution is 5.26. The zero-order valence-electron chi connectivity index (χ0n) is 10.9. The molecule has 2 fully saturated rings. The lowest BCUT2D eigenvalue weighted by atomic mass is 9.79. The number of nitrogens with zero attached hydrogens (tertiary/aromatic N) is 1. The van der Waals surface area contributed by atoms with E-state index in [2.05, 4.69) is 40.5 Å². The molecule has 0 atom stereocenters. The van der Waals surface area contributed by atoms with E-state index in [1.54, 1.807) is 0 Å². The van der Waals surface area contributed by atoms with Crippen LogP contribution in [0.2, 0.25) is 0 Å². The van der Waals surface area contributed by atoms with E-state index in [0.717, 1.165) is 39.4 Å². The smallest absolute Gasteiger partial charge is 0.0594 e. The van der Waals surface area contributed by atoms with Crippen molar-refractivity contribution in [3.8, 4) is 0 Å². The van der Waals surface area contributed by atoms with Crippen molar-refractivity contribution < 1.29 is 4.74 Å². The quantitative estimate of drug-likeness (QED) is 0.858. The van der Waals surface area contributed by atoms with Gasteiger partial charge >= 0.3 is 0 Å². The first-order chi connectivity index (χ1) is 8.92. The minimum absolute atomic E-state index is 0.232. The molecule has 0 radical (unpaired) electrons. The zero-order valence-corrected chi connectivity index (χ0v) is 10.9. The predicted molar refractivity (Wildman–Crippen MR) is 72.6 cm³/mol. The molecule has 0 spiro atoms. The number of morpholine rings is 1. The van der Waals surface area contributed by atoms with Gasteiger partial charge in [0.2, 0.25) is 0 Å². The molecule has 0 aliphatic carbocycles. The van der Waals surface area contributed by atoms with Crippen LogP contribution in [0, 0.1) is 0 Å². The molecule has 3 rings (SSSR count). The summed E-state index contributed by atoms with van der Waals surface area (Å²) in [7, 11) is 0. The Kier molecular flexibility index (Phi) is 3.64. The van der Waals surface area contributed by atoms with E-state index in [4.69, 9.17) is 4.74 Å². The Morgan fingerprint density at radius 3 is 2.33 bits per heavy atom. The number of rotatable bonds is 2. The lowest BCUT2D eigenvalue weighted by Crippen LogP contribution is -2.55. The third-order valence-corrected chi connectivity index (χ3v) is 4.36. The van der Waals surface area contributed by atoms with Crippen molar-refractivity contribution in [3.63, 3.8) is 0 Å². The number of nitrogens with one attached hydrogen (secondary N) is 1. The van der Waals surface area contributed by atoms with Crippen LogP contribution in [0.5, 0.6) is 0 Å². The van der Waals surface area contributed by atoms with Crippen LogP contribution in [0.4, 0.5) is 0 Å². The van der Waals surface area contributed by atoms with Gasteiger partial charge in [0.1, 0.15) is 0 Å². The summed E-state index contributed by atoms with van der Waals surface area (Å²) in [6, 6.07) is 11.0. The molecular formula is C15H22N2O. The minimum atomic E-state index is 0.232. The third kappa shape index (κ3) is 2.18. The molecule has 98 valence electrons. The number of hydrogen-bond donors (Lipinski definition) is 1. The third-order valence-electron chi connectivity index (χ3n) is 4.36. The monoisotopic (exact) mass is 246 g/mol. The first-order valence-corrected chi connectivity index (χ1v) is 7.01. The molecule has 3 nitrogen and oxygen atoms in total. The van der Waals surface area contributed by atoms with Crippen molar-refractivity contribution in [1.29, 1.82) is 0 Å². The standard InChI is InChI=1S/C15H22N2O/c1-2-4-14(5-3-1)15(6-8-16-9-7-15)17-10-12-18-13-11-17/h1-5,16H,6-13H2. The highest BCUT2D eigenvalue weighted by atomic mass is 16.5. The number of hydrogen-bond acceptors (Lipinski definition) is 3. The summed E-state index contributed by atoms with van der Waals surface area (Å²) >= 11 is 0. The van der Waals surface area contributed by atoms with Gasteiger partial charge in [-0.1, -0.05) is 30.3 Å². The molecule has 2 heterocycles. The summed E-state index contributed by atoms with van der Waals surface area (Å²) in [4.78, 5) is 2.65. The van der Waals surface area contributed by atoms with Gasteiger partial charge < -0.3 is 10.1 Å². The molecule has 1 aromatic rings. The van der Waals surface area contributed by atoms with Gasteiger partial charge in [0, 0.05) is 18.6 Å². The van der Waals surface area contributed by atoms with E-state index in [9.17, 15) is 0 Å². The molecule has 1 aromatic carbocycles. The van der Waals surface area contributed by atoms with Crippen LogP contribution in [-0.4, -0.2) is 44.3 Å². The second-order valence-electron chi connectivity index (χ2n) is 5.25. The van der Waals surface area contributed by atoms with E-state index < -0.39 is 0 Å². The van der Waals surface area contributed by atoms with Crippen LogP contribution < -0.4 is 5.32 Å². The second-order valence-corrected chi connectivity index (χ2v) is 5.25. The van der Waals surface area contributed by atoms with Crippen LogP contribution >= 0.6 is 0 Å². The molecule has 0 bridgehead atoms. The van der Waals surface area contributed by atoms with Crippen LogP contribution in [0.3, 0.4) is 0 Å². The SMILES string of the molecule is c1ccc(C2(N3CCOCC3)CCNCC2)cc1. The molecule has 3 heteroatoms. The molecule has 1 N–H and O–H groups in total. The second kappa shape index (κ2) is 5.39. The van der Waals surface area contributed by atoms with E-state index in [-0.39, 0.29) is 5.54 Å². The van der Waals surface area contributed by atoms with Gasteiger partial charge in [-0.25, -0.2) is 0 Å². The Balaban J connectivity index is 1.92. The van der Waals surface area contributed by atoms with Crippen molar-refractivity contribution >= 4 is 0 Å². The van der Waals surface area contributed by atoms with E-state index in [1.807, 2.05) is 0 Å². The largest absolute Gasteiger partial charge is 0.379 e. The minimum Gasteiger partial charge on any atom is -0.379 e. The van der Waals surface area contributed by atoms with Crippen molar-refractivity contribution in [2.45, 2.75) is 18.4 Å². The maximum atomic E-state index is 5.51. The number of benzene rings is 1. The van der Waals surface area contributed by atoms with Gasteiger partial charge in [-0.2, -0.15) is 0 Å². The predicted octanol–water partition coefficient (Wildman–Crippen LogP) is 1.60. The summed E-state index contributed by atoms with van der Waals surface area (Å²) in [5.41, 5.74) is 1.71. The van der Waals surface area contributed by atoms with Crippen LogP contribution in [0.1, 0.15) is 18.4 Å². The average molecular weight is 246 g/mol. The van der Waals surface area contributed by atoms with E-state index in [1.165, 1.54) is 18.4 Å². The highest BCUT2D eigenvalue weighted by Crippen LogP contribution is 2.37. The fourth-order valence-electron chi connectivity index (χ4n) is 3.37. The molecule has 0 amide bonds. The molecule has 2 saturated heterocycles. The Hall–Kier alpha value is -0.900. The fourth-order valence-corrected chi connectivity index (χ4v) is 3.37. The zero-order chi connectivity index (χ0) is 12.3. The maximum Gasteiger partial charge on any atom is 0.0594 e. The summed E-state index contributed by atoms with van der Waals surface area (Å²) < 4.78 is 5.51. The fraction of sp³-hybridized carbons (Fsp3) is 0.600. The van der Waals surface area contributed by atoms with Gasteiger partial charge in [0.25, 0.3) is 0 Å². The maximum absolute atomic E-state index is 5.51. The van der Waals surface area contributed by atoms with Crippen LogP contribution in [0.25, 0.3) is 0 Å². The lowest BCUT2D eigenvalue weighted by Gasteiger charge is -2.48. The normalized spacial score (nSPS) is 24.9. The van der Waals surface area contributed by atoms with Gasteiger partial charge in [0.15, 0.2) is 0 Å². The Morgan fingerprint density at radius 1 is 1.00 bits per heavy atom. The van der Waals surface area contributed by atoms with Crippen molar-refractivity contribution in [3.05, 3.63) is 35.9 Å². The molecule has 2 aliphatic rings. The van der Waals surface area contributed by atoms with Crippen LogP contribution in [0.15, 0.2) is 30.3 Å². The summed E-state index contributed by atoms with van der Waals surface area (Å²) in [6.07, 6.45) is 2.41. The van der Waals surface area contributed by atoms with Gasteiger partial charge in [-0.15, -0.1) is 0 Å². The molecule has 0 unspecified atom stereocenters. The topological polar surface area (TPSA) is 24.5 Å². The molecule has 0 aromatic heterocycles. The highest BCUT2D eigenvalue weighted by Gasteiger charge is 2.39. The Labute approximate surface area is 109 Å². The molecule has 0 saturated carbocycles. The summed E-state index contributed by atoms with van der Waals surface area (Å²) in [5.74, 6) is 0. The van der Waals surface area contributed by atoms with E-state index in [0.29, 0.717) is 0 Å². The van der Waals surface area contributed by atoms with Crippen molar-refractivity contribution in [2.75, 3.05) is 39.4 Å². The number of piperidine rings is 1. The summed E-state index contributed by atoms with van der Waals surface area (Å²) in [6.45, 7) is 6.12.